The molecular formula is C21H31NO2. The van der Waals surface area contributed by atoms with Gasteiger partial charge in [0.2, 0.25) is 0 Å². The van der Waals surface area contributed by atoms with Crippen LogP contribution >= 0.6 is 0 Å². The van der Waals surface area contributed by atoms with Crippen molar-refractivity contribution in [2.24, 2.45) is 0 Å². The molecular weight excluding hydrogens is 298 g/mol. The van der Waals surface area contributed by atoms with Crippen LogP contribution in [0, 0.1) is 0 Å². The molecule has 0 bridgehead atoms. The SMILES string of the molecule is CC1=C(c2ccccc2C(=O)N(C(C)C)C(C)C)OC(C)(C)CC1. The number of benzene rings is 1. The van der Waals surface area contributed by atoms with E-state index in [1.165, 1.54) is 5.57 Å². The summed E-state index contributed by atoms with van der Waals surface area (Å²) in [6, 6.07) is 8.15. The van der Waals surface area contributed by atoms with E-state index in [4.69, 9.17) is 4.74 Å². The van der Waals surface area contributed by atoms with E-state index in [2.05, 4.69) is 48.5 Å². The summed E-state index contributed by atoms with van der Waals surface area (Å²) < 4.78 is 6.27. The third-order valence-electron chi connectivity index (χ3n) is 4.62. The Balaban J connectivity index is 2.50. The lowest BCUT2D eigenvalue weighted by atomic mass is 9.91. The first-order valence-corrected chi connectivity index (χ1v) is 8.95. The lowest BCUT2D eigenvalue weighted by Crippen LogP contribution is -2.42. The Hall–Kier alpha value is -1.77. The molecule has 1 aromatic rings. The van der Waals surface area contributed by atoms with Gasteiger partial charge in [-0.25, -0.2) is 0 Å². The van der Waals surface area contributed by atoms with E-state index >= 15 is 0 Å². The Labute approximate surface area is 146 Å². The van der Waals surface area contributed by atoms with Crippen LogP contribution in [0.2, 0.25) is 0 Å². The zero-order chi connectivity index (χ0) is 18.1. The molecule has 0 unspecified atom stereocenters. The number of amides is 1. The molecule has 1 aliphatic heterocycles. The van der Waals surface area contributed by atoms with Crippen LogP contribution in [0.5, 0.6) is 0 Å². The standard InChI is InChI=1S/C21H31NO2/c1-14(2)22(15(3)4)20(23)18-11-9-8-10-17(18)19-16(5)12-13-21(6,7)24-19/h8-11,14-15H,12-13H2,1-7H3. The molecule has 0 atom stereocenters. The number of ether oxygens (including phenoxy) is 1. The number of carbonyl (C=O) groups is 1. The molecule has 0 saturated heterocycles. The van der Waals surface area contributed by atoms with Gasteiger partial charge in [0, 0.05) is 17.6 Å². The van der Waals surface area contributed by atoms with E-state index < -0.39 is 0 Å². The quantitative estimate of drug-likeness (QED) is 0.753. The van der Waals surface area contributed by atoms with Crippen molar-refractivity contribution < 1.29 is 9.53 Å². The highest BCUT2D eigenvalue weighted by atomic mass is 16.5. The average molecular weight is 329 g/mol. The van der Waals surface area contributed by atoms with Gasteiger partial charge in [0.25, 0.3) is 5.91 Å². The van der Waals surface area contributed by atoms with Crippen LogP contribution in [0.15, 0.2) is 29.8 Å². The van der Waals surface area contributed by atoms with Crippen molar-refractivity contribution in [3.63, 3.8) is 0 Å². The van der Waals surface area contributed by atoms with Crippen LogP contribution in [0.3, 0.4) is 0 Å². The minimum absolute atomic E-state index is 0.0721. The van der Waals surface area contributed by atoms with E-state index in [0.29, 0.717) is 0 Å². The Morgan fingerprint density at radius 1 is 1.12 bits per heavy atom. The van der Waals surface area contributed by atoms with Crippen LogP contribution < -0.4 is 0 Å². The second-order valence-corrected chi connectivity index (χ2v) is 7.92. The second kappa shape index (κ2) is 7.00. The molecule has 24 heavy (non-hydrogen) atoms. The fourth-order valence-corrected chi connectivity index (χ4v) is 3.37. The highest BCUT2D eigenvalue weighted by Crippen LogP contribution is 2.37. The highest BCUT2D eigenvalue weighted by Gasteiger charge is 2.31. The van der Waals surface area contributed by atoms with Gasteiger partial charge in [0.1, 0.15) is 11.4 Å². The van der Waals surface area contributed by atoms with Gasteiger partial charge in [0.15, 0.2) is 0 Å². The first-order valence-electron chi connectivity index (χ1n) is 8.95. The molecule has 0 fully saturated rings. The lowest BCUT2D eigenvalue weighted by molar-refractivity contribution is 0.0546. The molecule has 1 aromatic carbocycles. The number of carbonyl (C=O) groups excluding carboxylic acids is 1. The van der Waals surface area contributed by atoms with Crippen LogP contribution in [0.1, 0.15) is 77.2 Å². The monoisotopic (exact) mass is 329 g/mol. The molecule has 1 heterocycles. The molecule has 0 N–H and O–H groups in total. The predicted octanol–water partition coefficient (Wildman–Crippen LogP) is 5.27. The van der Waals surface area contributed by atoms with E-state index in [-0.39, 0.29) is 23.6 Å². The first kappa shape index (κ1) is 18.6. The summed E-state index contributed by atoms with van der Waals surface area (Å²) in [7, 11) is 0. The Bertz CT molecular complexity index is 633. The summed E-state index contributed by atoms with van der Waals surface area (Å²) >= 11 is 0. The van der Waals surface area contributed by atoms with Crippen molar-refractivity contribution >= 4 is 11.7 Å². The largest absolute Gasteiger partial charge is 0.487 e. The number of nitrogens with zero attached hydrogens (tertiary/aromatic N) is 1. The van der Waals surface area contributed by atoms with Gasteiger partial charge in [-0.3, -0.25) is 4.79 Å². The Morgan fingerprint density at radius 3 is 2.29 bits per heavy atom. The topological polar surface area (TPSA) is 29.5 Å². The number of hydrogen-bond acceptors (Lipinski definition) is 2. The molecule has 0 spiro atoms. The van der Waals surface area contributed by atoms with E-state index in [1.807, 2.05) is 29.2 Å². The fourth-order valence-electron chi connectivity index (χ4n) is 3.37. The van der Waals surface area contributed by atoms with Crippen LogP contribution in [0.25, 0.3) is 5.76 Å². The van der Waals surface area contributed by atoms with E-state index in [9.17, 15) is 4.79 Å². The third-order valence-corrected chi connectivity index (χ3v) is 4.62. The first-order chi connectivity index (χ1) is 11.1. The maximum absolute atomic E-state index is 13.2. The van der Waals surface area contributed by atoms with Crippen molar-refractivity contribution in [1.29, 1.82) is 0 Å². The van der Waals surface area contributed by atoms with Gasteiger partial charge in [-0.15, -0.1) is 0 Å². The number of rotatable bonds is 4. The summed E-state index contributed by atoms with van der Waals surface area (Å²) in [5.41, 5.74) is 2.67. The van der Waals surface area contributed by atoms with Crippen molar-refractivity contribution in [2.45, 2.75) is 79.0 Å². The zero-order valence-corrected chi connectivity index (χ0v) is 16.1. The smallest absolute Gasteiger partial charge is 0.255 e. The zero-order valence-electron chi connectivity index (χ0n) is 16.1. The van der Waals surface area contributed by atoms with Gasteiger partial charge in [0.05, 0.1) is 5.56 Å². The van der Waals surface area contributed by atoms with Gasteiger partial charge in [-0.05, 0) is 72.9 Å². The summed E-state index contributed by atoms with van der Waals surface area (Å²) in [5, 5.41) is 0. The summed E-state index contributed by atoms with van der Waals surface area (Å²) in [6.45, 7) is 14.6. The van der Waals surface area contributed by atoms with Gasteiger partial charge < -0.3 is 9.64 Å². The van der Waals surface area contributed by atoms with Gasteiger partial charge in [-0.1, -0.05) is 18.2 Å². The van der Waals surface area contributed by atoms with Crippen LogP contribution in [-0.4, -0.2) is 28.5 Å². The van der Waals surface area contributed by atoms with Crippen molar-refractivity contribution in [2.75, 3.05) is 0 Å². The maximum atomic E-state index is 13.2. The fraction of sp³-hybridized carbons (Fsp3) is 0.571. The predicted molar refractivity (Wildman–Crippen MR) is 99.9 cm³/mol. The summed E-state index contributed by atoms with van der Waals surface area (Å²) in [4.78, 5) is 15.1. The molecule has 0 saturated carbocycles. The normalized spacial score (nSPS) is 17.2. The molecule has 0 aromatic heterocycles. The number of hydrogen-bond donors (Lipinski definition) is 0. The van der Waals surface area contributed by atoms with Gasteiger partial charge in [-0.2, -0.15) is 0 Å². The second-order valence-electron chi connectivity index (χ2n) is 7.92. The van der Waals surface area contributed by atoms with Crippen molar-refractivity contribution in [3.05, 3.63) is 41.0 Å². The number of allylic oxidation sites excluding steroid dienone is 1. The summed E-state index contributed by atoms with van der Waals surface area (Å²) in [6.07, 6.45) is 2.01. The molecule has 2 rings (SSSR count). The molecule has 3 heteroatoms. The Kier molecular flexibility index (Phi) is 5.42. The average Bonchev–Trinajstić information content (AvgIpc) is 2.49. The Morgan fingerprint density at radius 2 is 1.71 bits per heavy atom. The highest BCUT2D eigenvalue weighted by molar-refractivity contribution is 5.99. The maximum Gasteiger partial charge on any atom is 0.255 e. The van der Waals surface area contributed by atoms with Crippen molar-refractivity contribution in [3.8, 4) is 0 Å². The minimum Gasteiger partial charge on any atom is -0.487 e. The third kappa shape index (κ3) is 3.82. The molecule has 132 valence electrons. The van der Waals surface area contributed by atoms with Crippen LogP contribution in [-0.2, 0) is 4.74 Å². The lowest BCUT2D eigenvalue weighted by Gasteiger charge is -2.35. The van der Waals surface area contributed by atoms with Gasteiger partial charge >= 0.3 is 0 Å². The molecule has 0 aliphatic carbocycles. The van der Waals surface area contributed by atoms with E-state index in [1.54, 1.807) is 0 Å². The molecule has 3 nitrogen and oxygen atoms in total. The van der Waals surface area contributed by atoms with Crippen molar-refractivity contribution in [1.82, 2.24) is 4.90 Å². The molecule has 0 radical (unpaired) electrons. The molecule has 1 amide bonds. The van der Waals surface area contributed by atoms with E-state index in [0.717, 1.165) is 29.7 Å². The molecule has 1 aliphatic rings. The summed E-state index contributed by atoms with van der Waals surface area (Å²) in [5.74, 6) is 0.950. The minimum atomic E-state index is -0.194. The van der Waals surface area contributed by atoms with Crippen LogP contribution in [0.4, 0.5) is 0 Å².